The summed E-state index contributed by atoms with van der Waals surface area (Å²) >= 11 is 11.0. The first-order valence-electron chi connectivity index (χ1n) is 6.53. The Bertz CT molecular complexity index is 787. The van der Waals surface area contributed by atoms with E-state index in [0.717, 1.165) is 12.1 Å². The van der Waals surface area contributed by atoms with Crippen molar-refractivity contribution in [3.8, 4) is 0 Å². The van der Waals surface area contributed by atoms with Crippen molar-refractivity contribution in [2.24, 2.45) is 5.10 Å². The van der Waals surface area contributed by atoms with Gasteiger partial charge in [-0.15, -0.1) is 0 Å². The number of hydrogen-bond donors (Lipinski definition) is 1. The smallest absolute Gasteiger partial charge is 0.270 e. The first-order chi connectivity index (χ1) is 10.9. The Balaban J connectivity index is 2.02. The molecule has 0 bridgehead atoms. The third kappa shape index (κ3) is 3.20. The Morgan fingerprint density at radius 1 is 1.17 bits per heavy atom. The summed E-state index contributed by atoms with van der Waals surface area (Å²) in [7, 11) is 0. The number of halogens is 4. The minimum atomic E-state index is -4.41. The fourth-order valence-corrected chi connectivity index (χ4v) is 2.74. The molecule has 3 nitrogen and oxygen atoms in total. The molecule has 2 heterocycles. The van der Waals surface area contributed by atoms with E-state index in [1.165, 1.54) is 12.3 Å². The molecule has 8 heteroatoms. The highest BCUT2D eigenvalue weighted by Gasteiger charge is 2.34. The van der Waals surface area contributed by atoms with Crippen molar-refractivity contribution in [3.63, 3.8) is 0 Å². The van der Waals surface area contributed by atoms with Crippen LogP contribution in [0.1, 0.15) is 22.6 Å². The van der Waals surface area contributed by atoms with Crippen molar-refractivity contribution in [1.82, 2.24) is 10.4 Å². The van der Waals surface area contributed by atoms with Crippen molar-refractivity contribution in [2.45, 2.75) is 12.1 Å². The number of nitrogens with zero attached hydrogens (tertiary/aromatic N) is 2. The predicted molar refractivity (Wildman–Crippen MR) is 85.7 cm³/mol. The average molecular weight is 356 g/mol. The van der Waals surface area contributed by atoms with Gasteiger partial charge in [0, 0.05) is 11.8 Å². The van der Waals surface area contributed by atoms with Crippen molar-refractivity contribution in [1.29, 1.82) is 0 Å². The van der Waals surface area contributed by atoms with E-state index in [-0.39, 0.29) is 0 Å². The maximum absolute atomic E-state index is 12.9. The number of alkyl halides is 3. The first kappa shape index (κ1) is 15.9. The summed E-state index contributed by atoms with van der Waals surface area (Å²) in [5, 5.41) is 4.45. The minimum Gasteiger partial charge on any atom is -0.270 e. The summed E-state index contributed by atoms with van der Waals surface area (Å²) in [6, 6.07) is 8.35. The number of hydrogen-bond acceptors (Lipinski definition) is 3. The predicted octanol–water partition coefficient (Wildman–Crippen LogP) is 4.17. The normalized spacial score (nSPS) is 17.8. The molecule has 1 aromatic heterocycles. The van der Waals surface area contributed by atoms with Gasteiger partial charge in [0.1, 0.15) is 10.1 Å². The number of thiocarbonyl (C=S) groups is 1. The Kier molecular flexibility index (Phi) is 4.08. The van der Waals surface area contributed by atoms with Crippen LogP contribution in [0.15, 0.2) is 47.7 Å². The molecule has 0 aliphatic carbocycles. The summed E-state index contributed by atoms with van der Waals surface area (Å²) in [4.78, 5) is 4.31. The molecule has 2 aromatic rings. The molecule has 1 aliphatic heterocycles. The molecular weight excluding hydrogens is 347 g/mol. The van der Waals surface area contributed by atoms with E-state index in [2.05, 4.69) is 15.5 Å². The van der Waals surface area contributed by atoms with Crippen LogP contribution in [-0.4, -0.2) is 15.7 Å². The number of pyridine rings is 1. The fourth-order valence-electron chi connectivity index (χ4n) is 2.33. The Morgan fingerprint density at radius 3 is 2.61 bits per heavy atom. The lowest BCUT2D eigenvalue weighted by molar-refractivity contribution is -0.137. The minimum absolute atomic E-state index is 0.318. The lowest BCUT2D eigenvalue weighted by Crippen LogP contribution is -2.20. The second kappa shape index (κ2) is 5.90. The van der Waals surface area contributed by atoms with E-state index in [1.54, 1.807) is 18.2 Å². The highest BCUT2D eigenvalue weighted by molar-refractivity contribution is 7.80. The van der Waals surface area contributed by atoms with Gasteiger partial charge in [0.2, 0.25) is 0 Å². The number of nitrogens with one attached hydrogen (secondary N) is 1. The molecule has 118 valence electrons. The van der Waals surface area contributed by atoms with Gasteiger partial charge in [0.05, 0.1) is 17.2 Å². The SMILES string of the molecule is FC(F)(F)c1cccc([C@@H]2C(=S)NN=C2c2ccc(Cl)nc2)c1. The largest absolute Gasteiger partial charge is 0.416 e. The van der Waals surface area contributed by atoms with E-state index in [4.69, 9.17) is 23.8 Å². The van der Waals surface area contributed by atoms with Gasteiger partial charge in [-0.1, -0.05) is 42.0 Å². The molecule has 3 rings (SSSR count). The number of hydrazone groups is 1. The standard InChI is InChI=1S/C15H9ClF3N3S/c16-11-5-4-9(7-20-11)13-12(14(23)22-21-13)8-2-1-3-10(6-8)15(17,18)19/h1-7,12H,(H,22,23)/t12-/m0/s1. The maximum Gasteiger partial charge on any atom is 0.416 e. The van der Waals surface area contributed by atoms with Gasteiger partial charge < -0.3 is 0 Å². The number of rotatable bonds is 2. The van der Waals surface area contributed by atoms with Crippen LogP contribution in [0.4, 0.5) is 13.2 Å². The Labute approximate surface area is 140 Å². The van der Waals surface area contributed by atoms with Gasteiger partial charge in [-0.2, -0.15) is 18.3 Å². The van der Waals surface area contributed by atoms with Crippen LogP contribution in [0.5, 0.6) is 0 Å². The molecule has 0 amide bonds. The second-order valence-corrected chi connectivity index (χ2v) is 5.73. The average Bonchev–Trinajstić information content (AvgIpc) is 2.89. The summed E-state index contributed by atoms with van der Waals surface area (Å²) < 4.78 is 38.7. The van der Waals surface area contributed by atoms with Crippen LogP contribution >= 0.6 is 23.8 Å². The molecule has 1 aliphatic rings. The molecule has 23 heavy (non-hydrogen) atoms. The molecule has 1 N–H and O–H groups in total. The zero-order chi connectivity index (χ0) is 16.6. The topological polar surface area (TPSA) is 37.3 Å². The van der Waals surface area contributed by atoms with E-state index >= 15 is 0 Å². The number of aromatic nitrogens is 1. The molecule has 1 atom stereocenters. The molecular formula is C15H9ClF3N3S. The lowest BCUT2D eigenvalue weighted by atomic mass is 9.90. The summed E-state index contributed by atoms with van der Waals surface area (Å²) in [5.74, 6) is -0.560. The van der Waals surface area contributed by atoms with Gasteiger partial charge in [-0.25, -0.2) is 4.98 Å². The van der Waals surface area contributed by atoms with Crippen molar-refractivity contribution in [2.75, 3.05) is 0 Å². The van der Waals surface area contributed by atoms with Crippen LogP contribution in [0, 0.1) is 0 Å². The van der Waals surface area contributed by atoms with Gasteiger partial charge in [-0.3, -0.25) is 5.43 Å². The Morgan fingerprint density at radius 2 is 1.96 bits per heavy atom. The summed E-state index contributed by atoms with van der Waals surface area (Å²) in [6.07, 6.45) is -2.90. The van der Waals surface area contributed by atoms with E-state index in [9.17, 15) is 13.2 Å². The first-order valence-corrected chi connectivity index (χ1v) is 7.31. The molecule has 0 radical (unpaired) electrons. The molecule has 0 spiro atoms. The second-order valence-electron chi connectivity index (χ2n) is 4.90. The van der Waals surface area contributed by atoms with Crippen LogP contribution < -0.4 is 5.43 Å². The molecule has 0 saturated carbocycles. The number of benzene rings is 1. The zero-order valence-corrected chi connectivity index (χ0v) is 13.0. The van der Waals surface area contributed by atoms with E-state index in [1.807, 2.05) is 0 Å². The highest BCUT2D eigenvalue weighted by Crippen LogP contribution is 2.33. The van der Waals surface area contributed by atoms with Crippen molar-refractivity contribution >= 4 is 34.5 Å². The molecule has 0 saturated heterocycles. The summed E-state index contributed by atoms with van der Waals surface area (Å²) in [5.41, 5.74) is 3.52. The van der Waals surface area contributed by atoms with Crippen LogP contribution in [0.2, 0.25) is 5.15 Å². The third-order valence-corrected chi connectivity index (χ3v) is 3.94. The van der Waals surface area contributed by atoms with Crippen LogP contribution in [0.25, 0.3) is 0 Å². The highest BCUT2D eigenvalue weighted by atomic mass is 35.5. The molecule has 1 aromatic carbocycles. The zero-order valence-electron chi connectivity index (χ0n) is 11.4. The quantitative estimate of drug-likeness (QED) is 0.649. The van der Waals surface area contributed by atoms with Gasteiger partial charge >= 0.3 is 6.18 Å². The van der Waals surface area contributed by atoms with Crippen molar-refractivity contribution in [3.05, 3.63) is 64.4 Å². The van der Waals surface area contributed by atoms with Crippen LogP contribution in [0.3, 0.4) is 0 Å². The molecule has 0 fully saturated rings. The van der Waals surface area contributed by atoms with Crippen molar-refractivity contribution < 1.29 is 13.2 Å². The van der Waals surface area contributed by atoms with Gasteiger partial charge in [0.25, 0.3) is 0 Å². The lowest BCUT2D eigenvalue weighted by Gasteiger charge is -2.15. The Hall–Kier alpha value is -1.99. The maximum atomic E-state index is 12.9. The fraction of sp³-hybridized carbons (Fsp3) is 0.133. The van der Waals surface area contributed by atoms with E-state index < -0.39 is 17.7 Å². The van der Waals surface area contributed by atoms with Gasteiger partial charge in [-0.05, 0) is 23.8 Å². The molecule has 0 unspecified atom stereocenters. The van der Waals surface area contributed by atoms with Gasteiger partial charge in [0.15, 0.2) is 0 Å². The summed E-state index contributed by atoms with van der Waals surface area (Å²) in [6.45, 7) is 0. The third-order valence-electron chi connectivity index (χ3n) is 3.39. The monoisotopic (exact) mass is 355 g/mol. The van der Waals surface area contributed by atoms with E-state index in [0.29, 0.717) is 27.0 Å². The van der Waals surface area contributed by atoms with Crippen LogP contribution in [-0.2, 0) is 6.18 Å².